The summed E-state index contributed by atoms with van der Waals surface area (Å²) in [5.41, 5.74) is 0.148. The predicted octanol–water partition coefficient (Wildman–Crippen LogP) is 2.93. The van der Waals surface area contributed by atoms with Crippen LogP contribution >= 0.6 is 22.9 Å². The van der Waals surface area contributed by atoms with Crippen molar-refractivity contribution in [2.75, 3.05) is 20.6 Å². The zero-order valence-electron chi connectivity index (χ0n) is 8.49. The molecule has 0 amide bonds. The van der Waals surface area contributed by atoms with Crippen LogP contribution in [0.1, 0.15) is 16.1 Å². The maximum Gasteiger partial charge on any atom is 0.174 e. The number of nitrogens with zero attached hydrogens (tertiary/aromatic N) is 2. The molecule has 0 saturated carbocycles. The fourth-order valence-corrected chi connectivity index (χ4v) is 2.13. The molecule has 0 saturated heterocycles. The molecule has 0 N–H and O–H groups in total. The maximum absolute atomic E-state index is 11.6. The van der Waals surface area contributed by atoms with Crippen LogP contribution < -0.4 is 0 Å². The van der Waals surface area contributed by atoms with E-state index in [0.717, 1.165) is 11.3 Å². The Kier molecular flexibility index (Phi) is 4.38. The van der Waals surface area contributed by atoms with Gasteiger partial charge in [-0.15, -0.1) is 16.2 Å². The first-order chi connectivity index (χ1) is 7.04. The predicted molar refractivity (Wildman–Crippen MR) is 62.3 cm³/mol. The molecule has 0 bridgehead atoms. The van der Waals surface area contributed by atoms with Crippen molar-refractivity contribution < 1.29 is 4.79 Å². The summed E-state index contributed by atoms with van der Waals surface area (Å²) in [6.07, 6.45) is 0.419. The molecule has 0 aromatic carbocycles. The molecule has 1 aromatic heterocycles. The molecule has 0 spiro atoms. The van der Waals surface area contributed by atoms with Gasteiger partial charge in [0.15, 0.2) is 5.78 Å². The quantitative estimate of drug-likeness (QED) is 0.593. The van der Waals surface area contributed by atoms with E-state index in [1.807, 2.05) is 19.0 Å². The van der Waals surface area contributed by atoms with Gasteiger partial charge in [0.05, 0.1) is 4.88 Å². The maximum atomic E-state index is 11.6. The lowest BCUT2D eigenvalue weighted by Gasteiger charge is -2.06. The number of rotatable bonds is 5. The number of thiophene rings is 1. The molecule has 15 heavy (non-hydrogen) atoms. The summed E-state index contributed by atoms with van der Waals surface area (Å²) in [5.74, 6) is -0.00880. The van der Waals surface area contributed by atoms with Gasteiger partial charge in [-0.3, -0.25) is 4.79 Å². The van der Waals surface area contributed by atoms with E-state index in [-0.39, 0.29) is 15.8 Å². The van der Waals surface area contributed by atoms with Gasteiger partial charge in [0.25, 0.3) is 0 Å². The second-order valence-electron chi connectivity index (χ2n) is 3.34. The number of hydrogen-bond acceptors (Lipinski definition) is 5. The smallest absolute Gasteiger partial charge is 0.174 e. The Balaban J connectivity index is 2.70. The molecule has 4 nitrogen and oxygen atoms in total. The fourth-order valence-electron chi connectivity index (χ4n) is 1.01. The van der Waals surface area contributed by atoms with E-state index in [9.17, 15) is 9.70 Å². The fraction of sp³-hybridized carbons (Fsp3) is 0.444. The van der Waals surface area contributed by atoms with Gasteiger partial charge >= 0.3 is 0 Å². The third-order valence-electron chi connectivity index (χ3n) is 1.83. The molecule has 82 valence electrons. The first kappa shape index (κ1) is 12.3. The summed E-state index contributed by atoms with van der Waals surface area (Å²) in [7, 11) is 3.79. The van der Waals surface area contributed by atoms with Crippen LogP contribution in [0, 0.1) is 4.91 Å². The summed E-state index contributed by atoms with van der Waals surface area (Å²) < 4.78 is 0.276. The van der Waals surface area contributed by atoms with Crippen molar-refractivity contribution in [3.8, 4) is 0 Å². The molecule has 0 aliphatic carbocycles. The molecular formula is C9H11ClN2O2S. The summed E-state index contributed by atoms with van der Waals surface area (Å²) >= 11 is 6.82. The Morgan fingerprint density at radius 3 is 2.73 bits per heavy atom. The largest absolute Gasteiger partial charge is 0.309 e. The highest BCUT2D eigenvalue weighted by molar-refractivity contribution is 7.18. The highest BCUT2D eigenvalue weighted by Crippen LogP contribution is 2.34. The van der Waals surface area contributed by atoms with Gasteiger partial charge in [-0.2, -0.15) is 0 Å². The second kappa shape index (κ2) is 5.34. The minimum Gasteiger partial charge on any atom is -0.309 e. The topological polar surface area (TPSA) is 49.7 Å². The van der Waals surface area contributed by atoms with Gasteiger partial charge in [-0.25, -0.2) is 0 Å². The first-order valence-corrected chi connectivity index (χ1v) is 5.54. The first-order valence-electron chi connectivity index (χ1n) is 4.35. The van der Waals surface area contributed by atoms with Gasteiger partial charge in [0.1, 0.15) is 10.0 Å². The molecular weight excluding hydrogens is 236 g/mol. The standard InChI is InChI=1S/C9H11ClN2O2S/c1-12(2)4-3-7(13)8-5-6(11-14)9(10)15-8/h5H,3-4H2,1-2H3. The van der Waals surface area contributed by atoms with E-state index >= 15 is 0 Å². The van der Waals surface area contributed by atoms with E-state index in [4.69, 9.17) is 11.6 Å². The van der Waals surface area contributed by atoms with Crippen molar-refractivity contribution in [2.24, 2.45) is 5.18 Å². The molecule has 0 aliphatic rings. The SMILES string of the molecule is CN(C)CCC(=O)c1cc(N=O)c(Cl)s1. The van der Waals surface area contributed by atoms with Crippen LogP contribution in [0.3, 0.4) is 0 Å². The lowest BCUT2D eigenvalue weighted by Crippen LogP contribution is -2.16. The van der Waals surface area contributed by atoms with Crippen molar-refractivity contribution in [3.63, 3.8) is 0 Å². The Bertz CT molecular complexity index is 376. The van der Waals surface area contributed by atoms with E-state index in [2.05, 4.69) is 5.18 Å². The Morgan fingerprint density at radius 2 is 2.27 bits per heavy atom. The van der Waals surface area contributed by atoms with E-state index < -0.39 is 0 Å². The summed E-state index contributed by atoms with van der Waals surface area (Å²) in [4.78, 5) is 24.3. The number of hydrogen-bond donors (Lipinski definition) is 0. The Labute approximate surface area is 96.8 Å². The van der Waals surface area contributed by atoms with Crippen LogP contribution in [0.5, 0.6) is 0 Å². The van der Waals surface area contributed by atoms with Crippen LogP contribution in [0.15, 0.2) is 11.2 Å². The molecule has 0 unspecified atom stereocenters. The Hall–Kier alpha value is -0.780. The van der Waals surface area contributed by atoms with Crippen LogP contribution in [0.25, 0.3) is 0 Å². The van der Waals surface area contributed by atoms with Crippen molar-refractivity contribution in [1.29, 1.82) is 0 Å². The normalized spacial score (nSPS) is 10.7. The van der Waals surface area contributed by atoms with Gasteiger partial charge < -0.3 is 4.90 Å². The highest BCUT2D eigenvalue weighted by atomic mass is 35.5. The minimum absolute atomic E-state index is 0.00880. The molecule has 6 heteroatoms. The van der Waals surface area contributed by atoms with Gasteiger partial charge in [0.2, 0.25) is 0 Å². The van der Waals surface area contributed by atoms with Gasteiger partial charge in [-0.1, -0.05) is 11.6 Å². The van der Waals surface area contributed by atoms with Crippen LogP contribution in [-0.2, 0) is 0 Å². The van der Waals surface area contributed by atoms with Crippen LogP contribution in [0.2, 0.25) is 4.34 Å². The number of carbonyl (C=O) groups is 1. The highest BCUT2D eigenvalue weighted by Gasteiger charge is 2.13. The van der Waals surface area contributed by atoms with E-state index in [1.54, 1.807) is 0 Å². The van der Waals surface area contributed by atoms with Crippen LogP contribution in [-0.4, -0.2) is 31.3 Å². The number of ketones is 1. The summed E-state index contributed by atoms with van der Waals surface area (Å²) in [5, 5.41) is 2.73. The zero-order chi connectivity index (χ0) is 11.4. The molecule has 1 rings (SSSR count). The number of Topliss-reactive ketones (excluding diaryl/α,β-unsaturated/α-hetero) is 1. The van der Waals surface area contributed by atoms with Crippen molar-refractivity contribution in [2.45, 2.75) is 6.42 Å². The molecule has 0 aliphatic heterocycles. The molecule has 1 aromatic rings. The van der Waals surface area contributed by atoms with Crippen molar-refractivity contribution in [3.05, 3.63) is 20.2 Å². The monoisotopic (exact) mass is 246 g/mol. The average Bonchev–Trinajstić information content (AvgIpc) is 2.56. The second-order valence-corrected chi connectivity index (χ2v) is 4.99. The lowest BCUT2D eigenvalue weighted by atomic mass is 10.2. The van der Waals surface area contributed by atoms with E-state index in [1.165, 1.54) is 6.07 Å². The third kappa shape index (κ3) is 3.37. The molecule has 0 radical (unpaired) electrons. The number of nitroso groups, excluding NO2 is 1. The molecule has 1 heterocycles. The Morgan fingerprint density at radius 1 is 1.60 bits per heavy atom. The average molecular weight is 247 g/mol. The minimum atomic E-state index is -0.00880. The molecule has 0 fully saturated rings. The van der Waals surface area contributed by atoms with Gasteiger partial charge in [0, 0.05) is 13.0 Å². The van der Waals surface area contributed by atoms with Crippen LogP contribution in [0.4, 0.5) is 5.69 Å². The van der Waals surface area contributed by atoms with E-state index in [0.29, 0.717) is 17.8 Å². The van der Waals surface area contributed by atoms with Crippen molar-refractivity contribution >= 4 is 34.4 Å². The summed E-state index contributed by atoms with van der Waals surface area (Å²) in [6, 6.07) is 1.44. The lowest BCUT2D eigenvalue weighted by molar-refractivity contribution is 0.0976. The molecule has 0 atom stereocenters. The third-order valence-corrected chi connectivity index (χ3v) is 3.21. The van der Waals surface area contributed by atoms with Crippen molar-refractivity contribution in [1.82, 2.24) is 4.90 Å². The number of carbonyl (C=O) groups excluding carboxylic acids is 1. The van der Waals surface area contributed by atoms with Gasteiger partial charge in [-0.05, 0) is 25.3 Å². The number of halogens is 1. The zero-order valence-corrected chi connectivity index (χ0v) is 10.1. The summed E-state index contributed by atoms with van der Waals surface area (Å²) in [6.45, 7) is 0.679.